The number of hydrogen-bond donors (Lipinski definition) is 3. The minimum absolute atomic E-state index is 0.0394. The first-order chi connectivity index (χ1) is 13.3. The molecule has 0 aliphatic heterocycles. The Bertz CT molecular complexity index is 372. The van der Waals surface area contributed by atoms with Crippen LogP contribution in [0.1, 0.15) is 104 Å². The molecule has 7 heteroatoms. The second-order valence-electron chi connectivity index (χ2n) is 8.29. The van der Waals surface area contributed by atoms with Gasteiger partial charge in [0.15, 0.2) is 0 Å². The lowest BCUT2D eigenvalue weighted by Gasteiger charge is -2.12. The van der Waals surface area contributed by atoms with Crippen molar-refractivity contribution in [2.24, 2.45) is 5.92 Å². The standard InChI is InChI=1S/C21H45O6P/c1-20(2)16-14-12-10-8-6-4-3-5-7-9-11-13-15-17-26-18-21(22)19-27-28(23,24)25/h20-22H,3-19H2,1-2H3,(H2,23,24,25). The summed E-state index contributed by atoms with van der Waals surface area (Å²) in [5.74, 6) is 0.850. The number of unbranched alkanes of at least 4 members (excludes halogenated alkanes) is 12. The van der Waals surface area contributed by atoms with Gasteiger partial charge in [-0.25, -0.2) is 4.57 Å². The number of rotatable bonds is 21. The second kappa shape index (κ2) is 19.0. The second-order valence-corrected chi connectivity index (χ2v) is 9.53. The molecule has 0 heterocycles. The Labute approximate surface area is 172 Å². The van der Waals surface area contributed by atoms with Crippen LogP contribution in [0.3, 0.4) is 0 Å². The van der Waals surface area contributed by atoms with Crippen LogP contribution >= 0.6 is 7.82 Å². The lowest BCUT2D eigenvalue weighted by atomic mass is 10.0. The number of phosphoric acid groups is 1. The molecule has 170 valence electrons. The quantitative estimate of drug-likeness (QED) is 0.164. The molecule has 0 aromatic carbocycles. The van der Waals surface area contributed by atoms with Crippen LogP contribution in [0, 0.1) is 5.92 Å². The van der Waals surface area contributed by atoms with Crippen LogP contribution < -0.4 is 0 Å². The molecule has 0 aliphatic rings. The average molecular weight is 425 g/mol. The first-order valence-corrected chi connectivity index (χ1v) is 12.8. The van der Waals surface area contributed by atoms with Gasteiger partial charge >= 0.3 is 7.82 Å². The predicted octanol–water partition coefficient (Wildman–Crippen LogP) is 5.59. The maximum absolute atomic E-state index is 10.5. The molecule has 1 atom stereocenters. The van der Waals surface area contributed by atoms with Gasteiger partial charge in [0.05, 0.1) is 13.2 Å². The minimum Gasteiger partial charge on any atom is -0.388 e. The zero-order valence-corrected chi connectivity index (χ0v) is 19.1. The van der Waals surface area contributed by atoms with Crippen LogP contribution in [0.5, 0.6) is 0 Å². The van der Waals surface area contributed by atoms with Gasteiger partial charge in [0.1, 0.15) is 6.10 Å². The summed E-state index contributed by atoms with van der Waals surface area (Å²) in [6, 6.07) is 0. The monoisotopic (exact) mass is 424 g/mol. The fourth-order valence-corrected chi connectivity index (χ4v) is 3.52. The highest BCUT2D eigenvalue weighted by Gasteiger charge is 2.16. The summed E-state index contributed by atoms with van der Waals surface area (Å²) in [7, 11) is -4.51. The van der Waals surface area contributed by atoms with Gasteiger partial charge in [0.2, 0.25) is 0 Å². The van der Waals surface area contributed by atoms with Gasteiger partial charge in [-0.2, -0.15) is 0 Å². The van der Waals surface area contributed by atoms with Crippen LogP contribution in [0.2, 0.25) is 0 Å². The Morgan fingerprint density at radius 2 is 1.14 bits per heavy atom. The molecular formula is C21H45O6P. The lowest BCUT2D eigenvalue weighted by Crippen LogP contribution is -2.21. The van der Waals surface area contributed by atoms with Crippen molar-refractivity contribution in [2.45, 2.75) is 110 Å². The average Bonchev–Trinajstić information content (AvgIpc) is 2.61. The van der Waals surface area contributed by atoms with E-state index < -0.39 is 20.5 Å². The Morgan fingerprint density at radius 1 is 0.714 bits per heavy atom. The third kappa shape index (κ3) is 24.1. The van der Waals surface area contributed by atoms with Crippen molar-refractivity contribution in [3.05, 3.63) is 0 Å². The number of aliphatic hydroxyl groups is 1. The fourth-order valence-electron chi connectivity index (χ4n) is 3.15. The van der Waals surface area contributed by atoms with Crippen molar-refractivity contribution in [3.8, 4) is 0 Å². The zero-order chi connectivity index (χ0) is 21.1. The number of phosphoric ester groups is 1. The number of ether oxygens (including phenoxy) is 1. The fraction of sp³-hybridized carbons (Fsp3) is 1.00. The molecule has 0 fully saturated rings. The first kappa shape index (κ1) is 28.0. The van der Waals surface area contributed by atoms with E-state index in [4.69, 9.17) is 14.5 Å². The molecule has 0 bridgehead atoms. The van der Waals surface area contributed by atoms with Crippen molar-refractivity contribution in [2.75, 3.05) is 19.8 Å². The first-order valence-electron chi connectivity index (χ1n) is 11.3. The molecular weight excluding hydrogens is 379 g/mol. The summed E-state index contributed by atoms with van der Waals surface area (Å²) in [4.78, 5) is 17.1. The van der Waals surface area contributed by atoms with E-state index >= 15 is 0 Å². The van der Waals surface area contributed by atoms with Gasteiger partial charge in [-0.05, 0) is 12.3 Å². The van der Waals surface area contributed by atoms with Gasteiger partial charge < -0.3 is 19.6 Å². The van der Waals surface area contributed by atoms with E-state index in [0.717, 1.165) is 18.8 Å². The number of hydrogen-bond acceptors (Lipinski definition) is 4. The zero-order valence-electron chi connectivity index (χ0n) is 18.2. The minimum atomic E-state index is -4.51. The van der Waals surface area contributed by atoms with Crippen LogP contribution in [0.4, 0.5) is 0 Å². The Hall–Kier alpha value is 0.0300. The SMILES string of the molecule is CC(C)CCCCCCCCCCCCCCCOCC(O)COP(=O)(O)O. The van der Waals surface area contributed by atoms with Gasteiger partial charge in [-0.15, -0.1) is 0 Å². The molecule has 0 aliphatic carbocycles. The van der Waals surface area contributed by atoms with Gasteiger partial charge in [-0.3, -0.25) is 4.52 Å². The van der Waals surface area contributed by atoms with Crippen LogP contribution in [0.25, 0.3) is 0 Å². The summed E-state index contributed by atoms with van der Waals surface area (Å²) < 4.78 is 20.0. The molecule has 0 aromatic heterocycles. The molecule has 1 unspecified atom stereocenters. The van der Waals surface area contributed by atoms with Crippen LogP contribution in [-0.2, 0) is 13.8 Å². The summed E-state index contributed by atoms with van der Waals surface area (Å²) in [5.41, 5.74) is 0. The van der Waals surface area contributed by atoms with Crippen molar-refractivity contribution >= 4 is 7.82 Å². The van der Waals surface area contributed by atoms with E-state index in [2.05, 4.69) is 18.4 Å². The Morgan fingerprint density at radius 3 is 1.57 bits per heavy atom. The Kier molecular flexibility index (Phi) is 19.0. The third-order valence-electron chi connectivity index (χ3n) is 4.82. The van der Waals surface area contributed by atoms with Gasteiger partial charge in [-0.1, -0.05) is 97.3 Å². The van der Waals surface area contributed by atoms with E-state index in [1.807, 2.05) is 0 Å². The molecule has 6 nitrogen and oxygen atoms in total. The highest BCUT2D eigenvalue weighted by molar-refractivity contribution is 7.46. The summed E-state index contributed by atoms with van der Waals surface area (Å²) in [6.07, 6.45) is 17.3. The maximum atomic E-state index is 10.5. The van der Waals surface area contributed by atoms with Gasteiger partial charge in [0, 0.05) is 6.61 Å². The largest absolute Gasteiger partial charge is 0.469 e. The molecule has 0 aromatic rings. The van der Waals surface area contributed by atoms with Crippen LogP contribution in [0.15, 0.2) is 0 Å². The van der Waals surface area contributed by atoms with E-state index in [1.54, 1.807) is 0 Å². The maximum Gasteiger partial charge on any atom is 0.469 e. The number of aliphatic hydroxyl groups excluding tert-OH is 1. The molecule has 0 radical (unpaired) electrons. The molecule has 0 spiro atoms. The molecule has 28 heavy (non-hydrogen) atoms. The Balaban J connectivity index is 3.15. The molecule has 0 rings (SSSR count). The predicted molar refractivity (Wildman–Crippen MR) is 114 cm³/mol. The summed E-state index contributed by atoms with van der Waals surface area (Å²) in [6.45, 7) is 4.79. The van der Waals surface area contributed by atoms with Gasteiger partial charge in [0.25, 0.3) is 0 Å². The third-order valence-corrected chi connectivity index (χ3v) is 5.30. The van der Waals surface area contributed by atoms with E-state index in [0.29, 0.717) is 6.61 Å². The van der Waals surface area contributed by atoms with Crippen molar-refractivity contribution in [1.29, 1.82) is 0 Å². The lowest BCUT2D eigenvalue weighted by molar-refractivity contribution is 0.00476. The highest BCUT2D eigenvalue weighted by atomic mass is 31.2. The normalized spacial score (nSPS) is 13.4. The molecule has 3 N–H and O–H groups in total. The molecule has 0 amide bonds. The van der Waals surface area contributed by atoms with Crippen LogP contribution in [-0.4, -0.2) is 40.8 Å². The van der Waals surface area contributed by atoms with E-state index in [1.165, 1.54) is 77.0 Å². The van der Waals surface area contributed by atoms with E-state index in [9.17, 15) is 9.67 Å². The summed E-state index contributed by atoms with van der Waals surface area (Å²) >= 11 is 0. The smallest absolute Gasteiger partial charge is 0.388 e. The van der Waals surface area contributed by atoms with Crippen molar-refractivity contribution in [3.63, 3.8) is 0 Å². The highest BCUT2D eigenvalue weighted by Crippen LogP contribution is 2.35. The topological polar surface area (TPSA) is 96.2 Å². The van der Waals surface area contributed by atoms with Crippen molar-refractivity contribution < 1.29 is 28.7 Å². The molecule has 0 saturated heterocycles. The molecule has 0 saturated carbocycles. The van der Waals surface area contributed by atoms with E-state index in [-0.39, 0.29) is 6.61 Å². The van der Waals surface area contributed by atoms with Crippen molar-refractivity contribution in [1.82, 2.24) is 0 Å². The summed E-state index contributed by atoms with van der Waals surface area (Å²) in [5, 5.41) is 9.45.